The van der Waals surface area contributed by atoms with Gasteiger partial charge in [0, 0.05) is 13.8 Å². The van der Waals surface area contributed by atoms with Crippen LogP contribution in [0.1, 0.15) is 34.6 Å². The average Bonchev–Trinajstić information content (AvgIpc) is 2.51. The second-order valence-corrected chi connectivity index (χ2v) is 20.1. The molecule has 0 radical (unpaired) electrons. The van der Waals surface area contributed by atoms with Crippen LogP contribution in [0.15, 0.2) is 0 Å². The summed E-state index contributed by atoms with van der Waals surface area (Å²) in [6, 6.07) is 1.91. The monoisotopic (exact) mass is 440 g/mol. The molecule has 12 heteroatoms. The lowest BCUT2D eigenvalue weighted by molar-refractivity contribution is -0.176. The summed E-state index contributed by atoms with van der Waals surface area (Å²) in [5.74, 6) is -2.31. The van der Waals surface area contributed by atoms with Crippen LogP contribution in [0.5, 0.6) is 0 Å². The van der Waals surface area contributed by atoms with E-state index in [9.17, 15) is 9.59 Å². The van der Waals surface area contributed by atoms with Gasteiger partial charge in [0.25, 0.3) is 5.91 Å². The van der Waals surface area contributed by atoms with E-state index in [2.05, 4.69) is 0 Å². The van der Waals surface area contributed by atoms with Gasteiger partial charge in [0.1, 0.15) is 0 Å². The lowest BCUT2D eigenvalue weighted by atomic mass is 10.8. The molecule has 1 saturated heterocycles. The normalized spacial score (nSPS) is 35.5. The van der Waals surface area contributed by atoms with Gasteiger partial charge in [-0.2, -0.15) is 0 Å². The molecule has 0 N–H and O–H groups in total. The second-order valence-electron chi connectivity index (χ2n) is 6.70. The Kier molecular flexibility index (Phi) is 8.41. The summed E-state index contributed by atoms with van der Waals surface area (Å²) in [6.07, 6.45) is 0. The molecule has 152 valence electrons. The van der Waals surface area contributed by atoms with Crippen LogP contribution in [0.25, 0.3) is 0 Å². The van der Waals surface area contributed by atoms with Crippen LogP contribution in [0.3, 0.4) is 0 Å². The highest BCUT2D eigenvalue weighted by molar-refractivity contribution is 6.91. The van der Waals surface area contributed by atoms with E-state index in [4.69, 9.17) is 25.9 Å². The Balaban J connectivity index is 3.36. The molecule has 4 atom stereocenters. The quantitative estimate of drug-likeness (QED) is 0.354. The molecule has 0 aromatic rings. The summed E-state index contributed by atoms with van der Waals surface area (Å²) >= 11 is 0. The first-order chi connectivity index (χ1) is 11.9. The van der Waals surface area contributed by atoms with Gasteiger partial charge in [-0.3, -0.25) is 9.59 Å². The first kappa shape index (κ1) is 23.7. The van der Waals surface area contributed by atoms with Crippen LogP contribution in [-0.2, 0) is 35.5 Å². The van der Waals surface area contributed by atoms with E-state index in [1.807, 2.05) is 40.4 Å². The molecule has 0 aliphatic carbocycles. The van der Waals surface area contributed by atoms with Crippen molar-refractivity contribution in [1.82, 2.24) is 0 Å². The van der Waals surface area contributed by atoms with Gasteiger partial charge in [-0.05, 0) is 37.8 Å². The van der Waals surface area contributed by atoms with Crippen molar-refractivity contribution in [1.29, 1.82) is 0 Å². The molecular weight excluding hydrogens is 408 g/mol. The van der Waals surface area contributed by atoms with Crippen LogP contribution >= 0.6 is 0 Å². The van der Waals surface area contributed by atoms with Crippen LogP contribution in [-0.4, -0.2) is 52.8 Å². The van der Waals surface area contributed by atoms with Crippen molar-refractivity contribution in [3.63, 3.8) is 0 Å². The Hall–Kier alpha value is -0.352. The van der Waals surface area contributed by atoms with Crippen LogP contribution < -0.4 is 0 Å². The standard InChI is InChI=1S/C14H32O8Si4/c1-9-24(7)19-23(6)20-26(11-3,22-25(8,10-2)21-24)14(17-12(4)15)18-13(5)16/h14,23H,9-11H2,1-8H3. The third-order valence-electron chi connectivity index (χ3n) is 4.28. The van der Waals surface area contributed by atoms with Gasteiger partial charge in [-0.25, -0.2) is 0 Å². The molecule has 0 spiro atoms. The molecule has 1 rings (SSSR count). The second kappa shape index (κ2) is 9.23. The molecular formula is C14H32O8Si4. The largest absolute Gasteiger partial charge is 0.423 e. The smallest absolute Gasteiger partial charge is 0.410 e. The zero-order valence-corrected chi connectivity index (χ0v) is 21.2. The molecule has 0 amide bonds. The van der Waals surface area contributed by atoms with Crippen molar-refractivity contribution in [3.05, 3.63) is 0 Å². The number of hydrogen-bond donors (Lipinski definition) is 0. The zero-order valence-electron chi connectivity index (χ0n) is 17.0. The summed E-state index contributed by atoms with van der Waals surface area (Å²) in [6.45, 7) is 14.4. The Morgan fingerprint density at radius 3 is 1.77 bits per heavy atom. The van der Waals surface area contributed by atoms with Gasteiger partial charge in [0.2, 0.25) is 0 Å². The minimum absolute atomic E-state index is 0.440. The van der Waals surface area contributed by atoms with E-state index in [0.717, 1.165) is 6.04 Å². The minimum atomic E-state index is -3.28. The maximum Gasteiger partial charge on any atom is 0.410 e. The van der Waals surface area contributed by atoms with E-state index in [-0.39, 0.29) is 0 Å². The van der Waals surface area contributed by atoms with Gasteiger partial charge in [-0.1, -0.05) is 20.8 Å². The fraction of sp³-hybridized carbons (Fsp3) is 0.857. The number of ether oxygens (including phenoxy) is 2. The Morgan fingerprint density at radius 1 is 0.885 bits per heavy atom. The van der Waals surface area contributed by atoms with E-state index in [0.29, 0.717) is 12.1 Å². The lowest BCUT2D eigenvalue weighted by Gasteiger charge is -2.48. The third-order valence-corrected chi connectivity index (χ3v) is 21.6. The number of esters is 2. The van der Waals surface area contributed by atoms with E-state index < -0.39 is 52.8 Å². The molecule has 1 aliphatic heterocycles. The van der Waals surface area contributed by atoms with Gasteiger partial charge in [0.05, 0.1) is 0 Å². The molecule has 4 unspecified atom stereocenters. The summed E-state index contributed by atoms with van der Waals surface area (Å²) < 4.78 is 36.4. The number of carbonyl (C=O) groups is 2. The SMILES string of the molecule is CC[Si]1(C)O[SiH](C)O[Si](CC)(C(OC(C)=O)OC(C)=O)O[Si](C)(CC)O1. The highest BCUT2D eigenvalue weighted by atomic mass is 28.5. The van der Waals surface area contributed by atoms with E-state index in [1.54, 1.807) is 0 Å². The fourth-order valence-electron chi connectivity index (χ4n) is 2.78. The molecule has 8 nitrogen and oxygen atoms in total. The average molecular weight is 441 g/mol. The van der Waals surface area contributed by atoms with Crippen LogP contribution in [0.2, 0.25) is 37.8 Å². The Labute approximate surface area is 161 Å². The molecule has 26 heavy (non-hydrogen) atoms. The first-order valence-electron chi connectivity index (χ1n) is 9.03. The van der Waals surface area contributed by atoms with E-state index in [1.165, 1.54) is 13.8 Å². The molecule has 1 aliphatic rings. The first-order valence-corrected chi connectivity index (χ1v) is 18.3. The molecule has 0 aromatic carbocycles. The highest BCUT2D eigenvalue weighted by Gasteiger charge is 2.59. The summed E-state index contributed by atoms with van der Waals surface area (Å²) in [5, 5.41) is 0. The summed E-state index contributed by atoms with van der Waals surface area (Å²) in [7, 11) is -10.5. The number of rotatable bonds is 6. The van der Waals surface area contributed by atoms with Crippen LogP contribution in [0, 0.1) is 0 Å². The molecule has 0 bridgehead atoms. The van der Waals surface area contributed by atoms with Crippen molar-refractivity contribution < 1.29 is 35.5 Å². The third kappa shape index (κ3) is 6.08. The van der Waals surface area contributed by atoms with Crippen molar-refractivity contribution >= 4 is 46.9 Å². The Bertz CT molecular complexity index is 507. The van der Waals surface area contributed by atoms with Crippen molar-refractivity contribution in [2.24, 2.45) is 0 Å². The molecule has 1 fully saturated rings. The highest BCUT2D eigenvalue weighted by Crippen LogP contribution is 2.35. The van der Waals surface area contributed by atoms with Crippen LogP contribution in [0.4, 0.5) is 0 Å². The summed E-state index contributed by atoms with van der Waals surface area (Å²) in [5.41, 5.74) is 0. The van der Waals surface area contributed by atoms with Crippen molar-refractivity contribution in [3.8, 4) is 0 Å². The van der Waals surface area contributed by atoms with Gasteiger partial charge >= 0.3 is 46.9 Å². The fourth-order valence-corrected chi connectivity index (χ4v) is 22.3. The maximum absolute atomic E-state index is 11.6. The topological polar surface area (TPSA) is 89.5 Å². The van der Waals surface area contributed by atoms with Gasteiger partial charge in [-0.15, -0.1) is 0 Å². The number of hydrogen-bond acceptors (Lipinski definition) is 8. The minimum Gasteiger partial charge on any atom is -0.423 e. The molecule has 0 aromatic heterocycles. The lowest BCUT2D eigenvalue weighted by Crippen LogP contribution is -2.68. The van der Waals surface area contributed by atoms with Crippen molar-refractivity contribution in [2.75, 3.05) is 0 Å². The summed E-state index contributed by atoms with van der Waals surface area (Å²) in [4.78, 5) is 23.2. The Morgan fingerprint density at radius 2 is 1.38 bits per heavy atom. The van der Waals surface area contributed by atoms with Gasteiger partial charge < -0.3 is 25.9 Å². The predicted octanol–water partition coefficient (Wildman–Crippen LogP) is 2.55. The molecule has 0 saturated carbocycles. The zero-order chi connectivity index (χ0) is 20.2. The predicted molar refractivity (Wildman–Crippen MR) is 105 cm³/mol. The molecule has 1 heterocycles. The maximum atomic E-state index is 11.6. The van der Waals surface area contributed by atoms with Crippen molar-refractivity contribution in [2.45, 2.75) is 78.3 Å². The van der Waals surface area contributed by atoms with E-state index >= 15 is 0 Å². The van der Waals surface area contributed by atoms with Gasteiger partial charge in [0.15, 0.2) is 0 Å². The number of carbonyl (C=O) groups excluding carboxylic acids is 2.